The van der Waals surface area contributed by atoms with Gasteiger partial charge in [0.1, 0.15) is 48.8 Å². The van der Waals surface area contributed by atoms with Crippen LogP contribution in [-0.4, -0.2) is 140 Å². The molecule has 1 spiro atoms. The molecule has 14 nitrogen and oxygen atoms in total. The molecule has 7 aliphatic rings. The van der Waals surface area contributed by atoms with Crippen LogP contribution in [0.3, 0.4) is 0 Å². The van der Waals surface area contributed by atoms with Gasteiger partial charge in [-0.25, -0.2) is 0 Å². The summed E-state index contributed by atoms with van der Waals surface area (Å²) in [5.41, 5.74) is -0.898. The van der Waals surface area contributed by atoms with Gasteiger partial charge in [0.25, 0.3) is 0 Å². The van der Waals surface area contributed by atoms with Crippen LogP contribution in [-0.2, 0) is 28.5 Å². The van der Waals surface area contributed by atoms with Crippen LogP contribution in [0.4, 0.5) is 0 Å². The number of carbonyl (C=O) groups excluding carboxylic acids is 1. The second kappa shape index (κ2) is 14.5. The molecule has 0 amide bonds. The Morgan fingerprint density at radius 1 is 0.836 bits per heavy atom. The van der Waals surface area contributed by atoms with Gasteiger partial charge in [-0.05, 0) is 90.9 Å². The average molecular weight is 783 g/mol. The van der Waals surface area contributed by atoms with Gasteiger partial charge in [0.05, 0.1) is 36.9 Å². The first kappa shape index (κ1) is 41.9. The van der Waals surface area contributed by atoms with Crippen LogP contribution in [0.1, 0.15) is 99.8 Å². The zero-order valence-electron chi connectivity index (χ0n) is 33.4. The first-order valence-corrected chi connectivity index (χ1v) is 20.5. The fraction of sp³-hybridized carbons (Fsp3) is 0.927. The van der Waals surface area contributed by atoms with E-state index in [9.17, 15) is 45.6 Å². The SMILES string of the molecule is C[C@@H]([C@@H](C)O[C@@H]1O[C@H](CO)[C@@H](O)[C@H](O)[C@H]1O)[C@H]1C[C@]2(C=C3[C@H](O)C[C@@H]4[C@@]5(C)CC[C@H](O[C@@H]6OC[C@@H](O)[C@H](O)[C@H]6O)C(C)(C)[C@@H]5CC[C@@]4(C)[C@]3(C)CC2)C(=O)O1. The third kappa shape index (κ3) is 6.39. The molecule has 3 aliphatic heterocycles. The smallest absolute Gasteiger partial charge is 0.316 e. The summed E-state index contributed by atoms with van der Waals surface area (Å²) in [6.45, 7) is 14.5. The molecule has 0 radical (unpaired) electrons. The molecule has 6 fully saturated rings. The Morgan fingerprint density at radius 3 is 2.22 bits per heavy atom. The third-order valence-electron chi connectivity index (χ3n) is 16.7. The number of cyclic esters (lactones) is 1. The van der Waals surface area contributed by atoms with Crippen LogP contribution >= 0.6 is 0 Å². The number of rotatable bonds is 7. The van der Waals surface area contributed by atoms with Crippen LogP contribution in [0, 0.1) is 44.8 Å². The van der Waals surface area contributed by atoms with Crippen molar-refractivity contribution in [3.8, 4) is 0 Å². The minimum absolute atomic E-state index is 0.109. The van der Waals surface area contributed by atoms with Crippen molar-refractivity contribution in [3.05, 3.63) is 11.6 Å². The lowest BCUT2D eigenvalue weighted by atomic mass is 9.34. The number of esters is 1. The van der Waals surface area contributed by atoms with Crippen LogP contribution < -0.4 is 0 Å². The van der Waals surface area contributed by atoms with Crippen molar-refractivity contribution in [2.45, 2.75) is 180 Å². The molecule has 0 unspecified atom stereocenters. The van der Waals surface area contributed by atoms with E-state index in [2.05, 4.69) is 34.6 Å². The molecule has 0 bridgehead atoms. The van der Waals surface area contributed by atoms with Gasteiger partial charge in [-0.3, -0.25) is 4.79 Å². The van der Waals surface area contributed by atoms with Gasteiger partial charge in [0.2, 0.25) is 0 Å². The zero-order valence-corrected chi connectivity index (χ0v) is 33.4. The highest BCUT2D eigenvalue weighted by molar-refractivity contribution is 5.82. The number of hydrogen-bond donors (Lipinski definition) is 8. The lowest BCUT2D eigenvalue weighted by Gasteiger charge is -2.71. The highest BCUT2D eigenvalue weighted by Crippen LogP contribution is 2.74. The molecule has 0 aromatic carbocycles. The quantitative estimate of drug-likeness (QED) is 0.104. The largest absolute Gasteiger partial charge is 0.461 e. The van der Waals surface area contributed by atoms with E-state index in [1.54, 1.807) is 6.92 Å². The topological polar surface area (TPSA) is 225 Å². The Hall–Kier alpha value is -1.27. The van der Waals surface area contributed by atoms with Gasteiger partial charge in [0, 0.05) is 12.3 Å². The lowest BCUT2D eigenvalue weighted by molar-refractivity contribution is -0.314. The van der Waals surface area contributed by atoms with Crippen molar-refractivity contribution in [3.63, 3.8) is 0 Å². The third-order valence-corrected chi connectivity index (χ3v) is 16.7. The number of ether oxygens (including phenoxy) is 5. The van der Waals surface area contributed by atoms with Crippen LogP contribution in [0.2, 0.25) is 0 Å². The summed E-state index contributed by atoms with van der Waals surface area (Å²) < 4.78 is 29.7. The molecule has 0 aromatic heterocycles. The molecule has 0 aromatic rings. The Kier molecular flexibility index (Phi) is 11.0. The summed E-state index contributed by atoms with van der Waals surface area (Å²) in [5, 5.41) is 83.6. The summed E-state index contributed by atoms with van der Waals surface area (Å²) in [6, 6.07) is 0. The van der Waals surface area contributed by atoms with Crippen molar-refractivity contribution in [2.75, 3.05) is 13.2 Å². The highest BCUT2D eigenvalue weighted by atomic mass is 16.7. The monoisotopic (exact) mass is 782 g/mol. The normalized spacial score (nSPS) is 53.4. The predicted molar refractivity (Wildman–Crippen MR) is 195 cm³/mol. The molecule has 314 valence electrons. The van der Waals surface area contributed by atoms with E-state index >= 15 is 0 Å². The second-order valence-corrected chi connectivity index (χ2v) is 19.7. The molecule has 3 heterocycles. The van der Waals surface area contributed by atoms with Crippen molar-refractivity contribution >= 4 is 5.97 Å². The highest BCUT2D eigenvalue weighted by Gasteiger charge is 2.69. The first-order valence-electron chi connectivity index (χ1n) is 20.5. The maximum absolute atomic E-state index is 13.9. The molecule has 55 heavy (non-hydrogen) atoms. The van der Waals surface area contributed by atoms with Crippen molar-refractivity contribution in [1.82, 2.24) is 0 Å². The van der Waals surface area contributed by atoms with Crippen molar-refractivity contribution in [2.24, 2.45) is 44.8 Å². The summed E-state index contributed by atoms with van der Waals surface area (Å²) in [6.07, 6.45) is -6.12. The van der Waals surface area contributed by atoms with E-state index in [-0.39, 0.29) is 58.1 Å². The minimum Gasteiger partial charge on any atom is -0.461 e. The van der Waals surface area contributed by atoms with E-state index in [0.717, 1.165) is 37.7 Å². The number of hydrogen-bond acceptors (Lipinski definition) is 14. The Morgan fingerprint density at radius 2 is 1.53 bits per heavy atom. The van der Waals surface area contributed by atoms with Gasteiger partial charge in [-0.2, -0.15) is 0 Å². The fourth-order valence-corrected chi connectivity index (χ4v) is 12.8. The maximum Gasteiger partial charge on any atom is 0.316 e. The van der Waals surface area contributed by atoms with Gasteiger partial charge < -0.3 is 64.5 Å². The van der Waals surface area contributed by atoms with Gasteiger partial charge >= 0.3 is 5.97 Å². The van der Waals surface area contributed by atoms with E-state index in [1.165, 1.54) is 0 Å². The summed E-state index contributed by atoms with van der Waals surface area (Å²) >= 11 is 0. The van der Waals surface area contributed by atoms with Gasteiger partial charge in [-0.1, -0.05) is 47.6 Å². The molecule has 14 heteroatoms. The maximum atomic E-state index is 13.9. The molecule has 3 saturated heterocycles. The number of carbonyl (C=O) groups is 1. The number of fused-ring (bicyclic) bond motifs is 5. The van der Waals surface area contributed by atoms with E-state index in [0.29, 0.717) is 19.3 Å². The Balaban J connectivity index is 1.07. The number of aliphatic hydroxyl groups is 8. The van der Waals surface area contributed by atoms with Crippen LogP contribution in [0.25, 0.3) is 0 Å². The van der Waals surface area contributed by atoms with Crippen LogP contribution in [0.15, 0.2) is 11.6 Å². The van der Waals surface area contributed by atoms with E-state index in [4.69, 9.17) is 23.7 Å². The second-order valence-electron chi connectivity index (χ2n) is 19.7. The molecule has 8 N–H and O–H groups in total. The molecular weight excluding hydrogens is 716 g/mol. The minimum atomic E-state index is -1.56. The Labute approximate surface area is 324 Å². The predicted octanol–water partition coefficient (Wildman–Crippen LogP) is 1.30. The first-order chi connectivity index (χ1) is 25.6. The summed E-state index contributed by atoms with van der Waals surface area (Å²) in [7, 11) is 0. The summed E-state index contributed by atoms with van der Waals surface area (Å²) in [5.74, 6) is -0.197. The van der Waals surface area contributed by atoms with Crippen molar-refractivity contribution in [1.29, 1.82) is 0 Å². The molecular formula is C41H66O14. The number of aliphatic hydroxyl groups excluding tert-OH is 8. The van der Waals surface area contributed by atoms with E-state index in [1.807, 2.05) is 13.0 Å². The Bertz CT molecular complexity index is 1470. The standard InChI is InChI=1S/C41H66O14/c1-19(20(2)52-35-33(49)31(47)30(46)25(17-42)53-35)24-16-41(36(50)54-24)13-12-39(6)21(15-41)22(43)14-27-38(5)10-9-28(37(3,4)26(38)8-11-40(27,39)7)55-34-32(48)29(45)23(44)18-51-34/h15,19-20,22-35,42-49H,8-14,16-18H2,1-7H3/t19-,20+,22+,23+,24+,25+,26-,27+,28-,29-,30+,31-,32+,33+,34-,35+,38-,39+,40+,41-/m0/s1. The molecule has 4 aliphatic carbocycles. The zero-order chi connectivity index (χ0) is 40.2. The molecule has 7 rings (SSSR count). The molecule has 20 atom stereocenters. The fourth-order valence-electron chi connectivity index (χ4n) is 12.8. The average Bonchev–Trinajstić information content (AvgIpc) is 3.45. The molecule has 3 saturated carbocycles. The van der Waals surface area contributed by atoms with Crippen molar-refractivity contribution < 1.29 is 69.3 Å². The lowest BCUT2D eigenvalue weighted by Crippen LogP contribution is -2.66. The van der Waals surface area contributed by atoms with E-state index < -0.39 is 85.6 Å². The van der Waals surface area contributed by atoms with Gasteiger partial charge in [-0.15, -0.1) is 0 Å². The summed E-state index contributed by atoms with van der Waals surface area (Å²) in [4.78, 5) is 13.9. The van der Waals surface area contributed by atoms with Crippen LogP contribution in [0.5, 0.6) is 0 Å². The van der Waals surface area contributed by atoms with Gasteiger partial charge in [0.15, 0.2) is 12.6 Å².